The van der Waals surface area contributed by atoms with E-state index < -0.39 is 23.5 Å². The summed E-state index contributed by atoms with van der Waals surface area (Å²) in [4.78, 5) is 35.4. The summed E-state index contributed by atoms with van der Waals surface area (Å²) in [5.41, 5.74) is 0.484. The smallest absolute Gasteiger partial charge is 0.339 e. The fraction of sp³-hybridized carbons (Fsp3) is 0.421. The number of carboxylic acids is 1. The molecular formula is C19H21ClNO6-. The Labute approximate surface area is 160 Å². The van der Waals surface area contributed by atoms with E-state index in [2.05, 4.69) is 5.32 Å². The molecular weight excluding hydrogens is 374 g/mol. The van der Waals surface area contributed by atoms with Gasteiger partial charge in [-0.15, -0.1) is 0 Å². The standard InChI is InChI=1S/C19H22ClNO6/c1-3-4-5-14(18(24)25)21-17(23)7-6-11-10(2)12-8-13(20)15(22)9-16(12)27-19(11)26/h8-9,14,22H,3-7H2,1-2H3,(H,21,23)(H,24,25)/p-1/t14-/m0/s1. The van der Waals surface area contributed by atoms with Crippen molar-refractivity contribution in [1.82, 2.24) is 5.32 Å². The molecule has 0 aliphatic rings. The number of phenols is 1. The lowest BCUT2D eigenvalue weighted by Crippen LogP contribution is -2.47. The van der Waals surface area contributed by atoms with E-state index >= 15 is 0 Å². The summed E-state index contributed by atoms with van der Waals surface area (Å²) in [6.45, 7) is 3.62. The highest BCUT2D eigenvalue weighted by molar-refractivity contribution is 6.32. The highest BCUT2D eigenvalue weighted by Gasteiger charge is 2.17. The number of aryl methyl sites for hydroxylation is 1. The number of halogens is 1. The molecule has 1 aromatic heterocycles. The Balaban J connectivity index is 2.16. The van der Waals surface area contributed by atoms with Crippen molar-refractivity contribution in [3.05, 3.63) is 38.7 Å². The second-order valence-electron chi connectivity index (χ2n) is 6.37. The van der Waals surface area contributed by atoms with Gasteiger partial charge in [0, 0.05) is 23.4 Å². The van der Waals surface area contributed by atoms with Crippen LogP contribution < -0.4 is 16.0 Å². The van der Waals surface area contributed by atoms with Crippen LogP contribution in [-0.4, -0.2) is 23.0 Å². The molecule has 8 heteroatoms. The Morgan fingerprint density at radius 3 is 2.70 bits per heavy atom. The van der Waals surface area contributed by atoms with Crippen molar-refractivity contribution in [1.29, 1.82) is 0 Å². The fourth-order valence-electron chi connectivity index (χ4n) is 2.85. The zero-order valence-corrected chi connectivity index (χ0v) is 15.9. The van der Waals surface area contributed by atoms with Crippen LogP contribution in [0.3, 0.4) is 0 Å². The third-order valence-corrected chi connectivity index (χ3v) is 4.73. The van der Waals surface area contributed by atoms with Crippen molar-refractivity contribution >= 4 is 34.4 Å². The Kier molecular flexibility index (Phi) is 6.85. The first kappa shape index (κ1) is 20.8. The van der Waals surface area contributed by atoms with Crippen molar-refractivity contribution < 1.29 is 24.2 Å². The zero-order chi connectivity index (χ0) is 20.1. The van der Waals surface area contributed by atoms with Crippen LogP contribution in [0, 0.1) is 6.92 Å². The fourth-order valence-corrected chi connectivity index (χ4v) is 3.01. The number of hydrogen-bond donors (Lipinski definition) is 2. The maximum Gasteiger partial charge on any atom is 0.339 e. The predicted molar refractivity (Wildman–Crippen MR) is 98.7 cm³/mol. The molecule has 0 aliphatic carbocycles. The number of carbonyl (C=O) groups is 2. The SMILES string of the molecule is CCCC[C@H](NC(=O)CCc1c(C)c2cc(Cl)c(O)cc2oc1=O)C(=O)[O-]. The summed E-state index contributed by atoms with van der Waals surface area (Å²) in [7, 11) is 0. The topological polar surface area (TPSA) is 120 Å². The van der Waals surface area contributed by atoms with E-state index in [0.717, 1.165) is 6.42 Å². The Hall–Kier alpha value is -2.54. The minimum absolute atomic E-state index is 0.0706. The van der Waals surface area contributed by atoms with Crippen LogP contribution in [-0.2, 0) is 16.0 Å². The van der Waals surface area contributed by atoms with Crippen LogP contribution in [0.4, 0.5) is 0 Å². The maximum absolute atomic E-state index is 12.2. The van der Waals surface area contributed by atoms with Gasteiger partial charge in [-0.25, -0.2) is 4.79 Å². The van der Waals surface area contributed by atoms with Gasteiger partial charge in [-0.05, 0) is 31.4 Å². The number of nitrogens with one attached hydrogen (secondary N) is 1. The zero-order valence-electron chi connectivity index (χ0n) is 15.1. The number of carbonyl (C=O) groups excluding carboxylic acids is 2. The van der Waals surface area contributed by atoms with Gasteiger partial charge in [-0.2, -0.15) is 0 Å². The summed E-state index contributed by atoms with van der Waals surface area (Å²) < 4.78 is 5.20. The molecule has 2 rings (SSSR count). The lowest BCUT2D eigenvalue weighted by atomic mass is 10.0. The molecule has 1 atom stereocenters. The Bertz CT molecular complexity index is 921. The van der Waals surface area contributed by atoms with E-state index in [4.69, 9.17) is 16.0 Å². The lowest BCUT2D eigenvalue weighted by molar-refractivity contribution is -0.308. The van der Waals surface area contributed by atoms with Gasteiger partial charge in [0.2, 0.25) is 5.91 Å². The van der Waals surface area contributed by atoms with Crippen LogP contribution in [0.25, 0.3) is 11.0 Å². The van der Waals surface area contributed by atoms with E-state index in [0.29, 0.717) is 29.4 Å². The predicted octanol–water partition coefficient (Wildman–Crippen LogP) is 1.82. The molecule has 0 saturated carbocycles. The monoisotopic (exact) mass is 394 g/mol. The molecule has 0 bridgehead atoms. The average molecular weight is 395 g/mol. The number of rotatable bonds is 8. The van der Waals surface area contributed by atoms with Crippen molar-refractivity contribution in [2.45, 2.75) is 52.0 Å². The highest BCUT2D eigenvalue weighted by atomic mass is 35.5. The van der Waals surface area contributed by atoms with Crippen LogP contribution in [0.15, 0.2) is 21.3 Å². The van der Waals surface area contributed by atoms with Gasteiger partial charge in [0.25, 0.3) is 0 Å². The van der Waals surface area contributed by atoms with Gasteiger partial charge >= 0.3 is 5.63 Å². The molecule has 0 saturated heterocycles. The first-order chi connectivity index (χ1) is 12.7. The number of benzene rings is 1. The van der Waals surface area contributed by atoms with E-state index in [1.54, 1.807) is 6.92 Å². The second-order valence-corrected chi connectivity index (χ2v) is 6.78. The van der Waals surface area contributed by atoms with Gasteiger partial charge in [-0.3, -0.25) is 4.79 Å². The summed E-state index contributed by atoms with van der Waals surface area (Å²) in [6, 6.07) is 1.71. The van der Waals surface area contributed by atoms with Gasteiger partial charge < -0.3 is 24.7 Å². The number of hydrogen-bond acceptors (Lipinski definition) is 6. The van der Waals surface area contributed by atoms with Crippen molar-refractivity contribution in [2.75, 3.05) is 0 Å². The number of aromatic hydroxyl groups is 1. The molecule has 7 nitrogen and oxygen atoms in total. The van der Waals surface area contributed by atoms with E-state index in [-0.39, 0.29) is 29.2 Å². The number of amides is 1. The number of fused-ring (bicyclic) bond motifs is 1. The average Bonchev–Trinajstić information content (AvgIpc) is 2.60. The molecule has 2 aromatic rings. The van der Waals surface area contributed by atoms with Gasteiger partial charge in [0.15, 0.2) is 0 Å². The molecule has 1 heterocycles. The number of phenolic OH excluding ortho intramolecular Hbond substituents is 1. The van der Waals surface area contributed by atoms with Crippen LogP contribution >= 0.6 is 11.6 Å². The van der Waals surface area contributed by atoms with Crippen LogP contribution in [0.5, 0.6) is 5.75 Å². The molecule has 0 spiro atoms. The molecule has 0 fully saturated rings. The first-order valence-electron chi connectivity index (χ1n) is 8.69. The summed E-state index contributed by atoms with van der Waals surface area (Å²) in [6.07, 6.45) is 1.76. The van der Waals surface area contributed by atoms with Crippen molar-refractivity contribution in [3.63, 3.8) is 0 Å². The molecule has 0 radical (unpaired) electrons. The van der Waals surface area contributed by atoms with E-state index in [1.807, 2.05) is 6.92 Å². The Morgan fingerprint density at radius 1 is 1.37 bits per heavy atom. The molecule has 146 valence electrons. The normalized spacial score (nSPS) is 12.1. The summed E-state index contributed by atoms with van der Waals surface area (Å²) in [5.74, 6) is -2.00. The molecule has 2 N–H and O–H groups in total. The highest BCUT2D eigenvalue weighted by Crippen LogP contribution is 2.30. The van der Waals surface area contributed by atoms with Gasteiger partial charge in [-0.1, -0.05) is 31.4 Å². The molecule has 0 unspecified atom stereocenters. The maximum atomic E-state index is 12.2. The van der Waals surface area contributed by atoms with Crippen LogP contribution in [0.1, 0.15) is 43.7 Å². The summed E-state index contributed by atoms with van der Waals surface area (Å²) >= 11 is 5.91. The van der Waals surface area contributed by atoms with Crippen molar-refractivity contribution in [2.24, 2.45) is 0 Å². The van der Waals surface area contributed by atoms with Crippen LogP contribution in [0.2, 0.25) is 5.02 Å². The minimum atomic E-state index is -1.33. The quantitative estimate of drug-likeness (QED) is 0.659. The molecule has 1 amide bonds. The third-order valence-electron chi connectivity index (χ3n) is 4.42. The van der Waals surface area contributed by atoms with Gasteiger partial charge in [0.1, 0.15) is 11.3 Å². The largest absolute Gasteiger partial charge is 0.548 e. The van der Waals surface area contributed by atoms with Crippen molar-refractivity contribution in [3.8, 4) is 5.75 Å². The van der Waals surface area contributed by atoms with E-state index in [1.165, 1.54) is 12.1 Å². The summed E-state index contributed by atoms with van der Waals surface area (Å²) in [5, 5.41) is 23.8. The molecule has 0 aliphatic heterocycles. The molecule has 27 heavy (non-hydrogen) atoms. The number of unbranched alkanes of at least 4 members (excludes halogenated alkanes) is 1. The lowest BCUT2D eigenvalue weighted by Gasteiger charge is -2.19. The second kappa shape index (κ2) is 8.90. The Morgan fingerprint density at radius 2 is 2.07 bits per heavy atom. The van der Waals surface area contributed by atoms with E-state index in [9.17, 15) is 24.6 Å². The van der Waals surface area contributed by atoms with Gasteiger partial charge in [0.05, 0.1) is 17.0 Å². The first-order valence-corrected chi connectivity index (χ1v) is 9.07. The molecule has 1 aromatic carbocycles. The third kappa shape index (κ3) is 5.01. The number of aliphatic carboxylic acids is 1. The number of carboxylic acid groups (broad SMARTS) is 1. The minimum Gasteiger partial charge on any atom is -0.548 e.